The van der Waals surface area contributed by atoms with Crippen molar-refractivity contribution in [2.45, 2.75) is 31.9 Å². The summed E-state index contributed by atoms with van der Waals surface area (Å²) in [4.78, 5) is 35.1. The number of imidazole rings is 1. The quantitative estimate of drug-likeness (QED) is 0.273. The number of aliphatic imine (C=N–C) groups is 1. The second kappa shape index (κ2) is 11.4. The Morgan fingerprint density at radius 3 is 2.62 bits per heavy atom. The lowest BCUT2D eigenvalue weighted by atomic mass is 10.0. The molecule has 8 nitrogen and oxygen atoms in total. The molecule has 4 aromatic rings. The zero-order valence-electron chi connectivity index (χ0n) is 20.1. The van der Waals surface area contributed by atoms with Crippen LogP contribution in [-0.4, -0.2) is 39.7 Å². The van der Waals surface area contributed by atoms with Crippen molar-refractivity contribution in [2.75, 3.05) is 11.9 Å². The van der Waals surface area contributed by atoms with Crippen LogP contribution >= 0.6 is 15.9 Å². The monoisotopic (exact) mass is 559 g/mol. The maximum Gasteiger partial charge on any atom is 0.407 e. The summed E-state index contributed by atoms with van der Waals surface area (Å²) in [7, 11) is 0. The molecular weight excluding hydrogens is 534 g/mol. The molecule has 0 spiro atoms. The van der Waals surface area contributed by atoms with Gasteiger partial charge in [0.15, 0.2) is 5.82 Å². The van der Waals surface area contributed by atoms with E-state index in [0.717, 1.165) is 15.6 Å². The van der Waals surface area contributed by atoms with Crippen LogP contribution in [0.1, 0.15) is 40.9 Å². The molecule has 0 saturated heterocycles. The fourth-order valence-electron chi connectivity index (χ4n) is 4.21. The third-order valence-electron chi connectivity index (χ3n) is 6.09. The molecule has 0 fully saturated rings. The first-order chi connectivity index (χ1) is 18.1. The highest BCUT2D eigenvalue weighted by molar-refractivity contribution is 9.10. The van der Waals surface area contributed by atoms with E-state index in [2.05, 4.69) is 31.5 Å². The number of unbranched alkanes of at least 4 members (excludes halogenated alkanes) is 1. The van der Waals surface area contributed by atoms with Gasteiger partial charge in [0.1, 0.15) is 29.8 Å². The van der Waals surface area contributed by atoms with Gasteiger partial charge in [-0.1, -0.05) is 64.5 Å². The summed E-state index contributed by atoms with van der Waals surface area (Å²) in [5, 5.41) is 6.07. The van der Waals surface area contributed by atoms with Crippen LogP contribution in [0.25, 0.3) is 5.65 Å². The summed E-state index contributed by atoms with van der Waals surface area (Å²) in [5.41, 5.74) is 3.00. The van der Waals surface area contributed by atoms with Gasteiger partial charge in [-0.05, 0) is 49.1 Å². The number of nitrogens with zero attached hydrogens (tertiary/aromatic N) is 3. The number of hydrogen-bond acceptors (Lipinski definition) is 6. The molecule has 37 heavy (non-hydrogen) atoms. The summed E-state index contributed by atoms with van der Waals surface area (Å²) >= 11 is 3.47. The van der Waals surface area contributed by atoms with Gasteiger partial charge in [-0.3, -0.25) is 14.2 Å². The molecule has 2 aromatic carbocycles. The largest absolute Gasteiger partial charge is 0.445 e. The highest BCUT2D eigenvalue weighted by Gasteiger charge is 2.30. The van der Waals surface area contributed by atoms with E-state index in [4.69, 9.17) is 9.73 Å². The Morgan fingerprint density at radius 2 is 1.81 bits per heavy atom. The number of halogens is 1. The summed E-state index contributed by atoms with van der Waals surface area (Å²) in [6.07, 6.45) is 3.33. The Hall–Kier alpha value is -3.98. The fourth-order valence-corrected chi connectivity index (χ4v) is 4.48. The molecule has 5 rings (SSSR count). The summed E-state index contributed by atoms with van der Waals surface area (Å²) < 4.78 is 8.02. The van der Waals surface area contributed by atoms with Crippen molar-refractivity contribution in [3.63, 3.8) is 0 Å². The van der Waals surface area contributed by atoms with Crippen molar-refractivity contribution in [1.82, 2.24) is 14.7 Å². The van der Waals surface area contributed by atoms with Crippen LogP contribution in [0, 0.1) is 0 Å². The number of benzene rings is 2. The lowest BCUT2D eigenvalue weighted by Crippen LogP contribution is -2.26. The van der Waals surface area contributed by atoms with E-state index in [1.165, 1.54) is 0 Å². The first-order valence-corrected chi connectivity index (χ1v) is 12.9. The van der Waals surface area contributed by atoms with Gasteiger partial charge in [0.25, 0.3) is 0 Å². The molecule has 9 heteroatoms. The minimum absolute atomic E-state index is 0.0801. The lowest BCUT2D eigenvalue weighted by Gasteiger charge is -2.12. The Bertz CT molecular complexity index is 1430. The smallest absolute Gasteiger partial charge is 0.407 e. The summed E-state index contributed by atoms with van der Waals surface area (Å²) in [5.74, 6) is 1.03. The number of anilines is 1. The molecule has 1 aliphatic heterocycles. The average molecular weight is 560 g/mol. The average Bonchev–Trinajstić information content (AvgIpc) is 3.22. The number of amidine groups is 1. The zero-order valence-corrected chi connectivity index (χ0v) is 21.6. The number of carbonyl (C=O) groups is 2. The number of Topliss-reactive ketones (excluding diaryl/α,β-unsaturated/α-hetero) is 1. The fraction of sp³-hybridized carbons (Fsp3) is 0.214. The van der Waals surface area contributed by atoms with Gasteiger partial charge in [0.2, 0.25) is 5.78 Å². The maximum absolute atomic E-state index is 13.6. The van der Waals surface area contributed by atoms with E-state index in [0.29, 0.717) is 48.8 Å². The van der Waals surface area contributed by atoms with Gasteiger partial charge in [-0.2, -0.15) is 0 Å². The predicted octanol–water partition coefficient (Wildman–Crippen LogP) is 5.62. The number of carbonyl (C=O) groups excluding carboxylic acids is 2. The van der Waals surface area contributed by atoms with Crippen molar-refractivity contribution in [1.29, 1.82) is 0 Å². The normalized spacial score (nSPS) is 14.9. The van der Waals surface area contributed by atoms with Crippen LogP contribution < -0.4 is 10.6 Å². The lowest BCUT2D eigenvalue weighted by molar-refractivity contribution is 0.0952. The zero-order chi connectivity index (χ0) is 25.6. The maximum atomic E-state index is 13.6. The van der Waals surface area contributed by atoms with E-state index in [9.17, 15) is 9.59 Å². The number of fused-ring (bicyclic) bond motifs is 3. The van der Waals surface area contributed by atoms with Crippen molar-refractivity contribution in [3.05, 3.63) is 100 Å². The highest BCUT2D eigenvalue weighted by atomic mass is 79.9. The van der Waals surface area contributed by atoms with E-state index in [1.54, 1.807) is 0 Å². The molecule has 0 bridgehead atoms. The topological polar surface area (TPSA) is 97.1 Å². The van der Waals surface area contributed by atoms with Crippen molar-refractivity contribution in [3.8, 4) is 0 Å². The second-order valence-corrected chi connectivity index (χ2v) is 9.63. The second-order valence-electron chi connectivity index (χ2n) is 8.71. The molecule has 2 N–H and O–H groups in total. The van der Waals surface area contributed by atoms with Crippen LogP contribution in [-0.2, 0) is 11.3 Å². The van der Waals surface area contributed by atoms with E-state index >= 15 is 0 Å². The van der Waals surface area contributed by atoms with Gasteiger partial charge >= 0.3 is 6.09 Å². The minimum Gasteiger partial charge on any atom is -0.445 e. The standard InChI is InChI=1S/C28H26BrN5O3/c29-21-14-12-20(13-15-21)26-31-22(25(35)24-27(33-26)32-23-11-5-7-17-34(23)24)10-4-6-16-30-28(36)37-18-19-8-2-1-3-9-19/h1-3,5,7-9,11-15,17,22H,4,6,10,16,18H2,(H,30,36)(H,31,33)/t22-/m0/s1. The number of pyridine rings is 1. The molecule has 1 amide bonds. The van der Waals surface area contributed by atoms with Crippen molar-refractivity contribution < 1.29 is 14.3 Å². The summed E-state index contributed by atoms with van der Waals surface area (Å²) in [6, 6.07) is 22.4. The Balaban J connectivity index is 1.24. The molecule has 0 radical (unpaired) electrons. The van der Waals surface area contributed by atoms with Gasteiger partial charge in [-0.25, -0.2) is 9.78 Å². The van der Waals surface area contributed by atoms with Gasteiger partial charge < -0.3 is 15.4 Å². The Morgan fingerprint density at radius 1 is 1.03 bits per heavy atom. The first kappa shape index (κ1) is 24.7. The molecule has 0 unspecified atom stereocenters. The van der Waals surface area contributed by atoms with Gasteiger partial charge in [0.05, 0.1) is 0 Å². The van der Waals surface area contributed by atoms with Crippen LogP contribution in [0.4, 0.5) is 10.6 Å². The van der Waals surface area contributed by atoms with Crippen LogP contribution in [0.3, 0.4) is 0 Å². The minimum atomic E-state index is -0.572. The van der Waals surface area contributed by atoms with E-state index in [-0.39, 0.29) is 12.4 Å². The van der Waals surface area contributed by atoms with Crippen molar-refractivity contribution >= 4 is 45.1 Å². The molecule has 3 heterocycles. The number of ether oxygens (including phenoxy) is 1. The third kappa shape index (κ3) is 5.89. The first-order valence-electron chi connectivity index (χ1n) is 12.1. The number of ketones is 1. The number of nitrogens with one attached hydrogen (secondary N) is 2. The van der Waals surface area contributed by atoms with Crippen LogP contribution in [0.15, 0.2) is 88.5 Å². The number of aromatic nitrogens is 2. The molecule has 1 aliphatic rings. The number of amides is 1. The van der Waals surface area contributed by atoms with Crippen LogP contribution in [0.5, 0.6) is 0 Å². The number of alkyl carbamates (subject to hydrolysis) is 1. The molecule has 1 atom stereocenters. The predicted molar refractivity (Wildman–Crippen MR) is 146 cm³/mol. The van der Waals surface area contributed by atoms with Crippen molar-refractivity contribution in [2.24, 2.45) is 4.99 Å². The number of hydrogen-bond donors (Lipinski definition) is 2. The molecule has 0 saturated carbocycles. The Kier molecular flexibility index (Phi) is 7.60. The Labute approximate surface area is 222 Å². The van der Waals surface area contributed by atoms with Gasteiger partial charge in [-0.15, -0.1) is 0 Å². The number of rotatable bonds is 8. The SMILES string of the molecule is O=C(NCCCC[C@@H]1N=C(c2ccc(Br)cc2)Nc2nc3ccccn3c2C1=O)OCc1ccccc1. The molecular formula is C28H26BrN5O3. The summed E-state index contributed by atoms with van der Waals surface area (Å²) in [6.45, 7) is 0.683. The van der Waals surface area contributed by atoms with E-state index in [1.807, 2.05) is 83.4 Å². The molecule has 2 aromatic heterocycles. The van der Waals surface area contributed by atoms with E-state index < -0.39 is 12.1 Å². The molecule has 0 aliphatic carbocycles. The third-order valence-corrected chi connectivity index (χ3v) is 6.62. The van der Waals surface area contributed by atoms with Crippen LogP contribution in [0.2, 0.25) is 0 Å². The molecule has 188 valence electrons. The highest BCUT2D eigenvalue weighted by Crippen LogP contribution is 2.26. The van der Waals surface area contributed by atoms with Gasteiger partial charge in [0, 0.05) is 22.8 Å².